The first-order valence-corrected chi connectivity index (χ1v) is 11.9. The fraction of sp³-hybridized carbons (Fsp3) is 0.0833. The Morgan fingerprint density at radius 2 is 1.67 bits per heavy atom. The molecule has 4 rings (SSSR count). The van der Waals surface area contributed by atoms with Crippen LogP contribution in [0.4, 0.5) is 0 Å². The molecule has 0 aliphatic carbocycles. The van der Waals surface area contributed by atoms with Gasteiger partial charge in [-0.3, -0.25) is 4.79 Å². The third kappa shape index (κ3) is 5.65. The number of thioether (sulfide) groups is 2. The molecule has 1 heterocycles. The Labute approximate surface area is 192 Å². The van der Waals surface area contributed by atoms with E-state index in [9.17, 15) is 4.79 Å². The highest BCUT2D eigenvalue weighted by atomic mass is 79.9. The van der Waals surface area contributed by atoms with Crippen LogP contribution in [-0.2, 0) is 17.2 Å². The SMILES string of the molecule is O=C1SC(SCc2ccccc2)=NC1=Cc1ccc(OCc2ccccc2)c(Br)c1. The van der Waals surface area contributed by atoms with Crippen LogP contribution in [0.25, 0.3) is 6.08 Å². The molecule has 0 bridgehead atoms. The Hall–Kier alpha value is -2.28. The summed E-state index contributed by atoms with van der Waals surface area (Å²) in [5, 5.41) is -0.0221. The molecule has 0 fully saturated rings. The van der Waals surface area contributed by atoms with E-state index >= 15 is 0 Å². The number of carbonyl (C=O) groups is 1. The van der Waals surface area contributed by atoms with Gasteiger partial charge in [0.1, 0.15) is 22.4 Å². The molecule has 30 heavy (non-hydrogen) atoms. The second kappa shape index (κ2) is 10.2. The second-order valence-corrected chi connectivity index (χ2v) is 9.57. The van der Waals surface area contributed by atoms with Crippen molar-refractivity contribution in [2.75, 3.05) is 0 Å². The highest BCUT2D eigenvalue weighted by Crippen LogP contribution is 2.34. The molecule has 0 unspecified atom stereocenters. The molecule has 3 aromatic carbocycles. The normalized spacial score (nSPS) is 14.8. The summed E-state index contributed by atoms with van der Waals surface area (Å²) < 4.78 is 7.52. The van der Waals surface area contributed by atoms with Gasteiger partial charge in [0.2, 0.25) is 5.12 Å². The summed E-state index contributed by atoms with van der Waals surface area (Å²) in [6.07, 6.45) is 1.82. The maximum Gasteiger partial charge on any atom is 0.244 e. The van der Waals surface area contributed by atoms with E-state index in [4.69, 9.17) is 4.74 Å². The van der Waals surface area contributed by atoms with Crippen LogP contribution < -0.4 is 4.74 Å². The number of halogens is 1. The van der Waals surface area contributed by atoms with Crippen molar-refractivity contribution in [2.24, 2.45) is 4.99 Å². The zero-order valence-electron chi connectivity index (χ0n) is 16.0. The highest BCUT2D eigenvalue weighted by Gasteiger charge is 2.22. The molecule has 0 radical (unpaired) electrons. The van der Waals surface area contributed by atoms with Gasteiger partial charge in [0.05, 0.1) is 4.47 Å². The molecule has 150 valence electrons. The zero-order valence-corrected chi connectivity index (χ0v) is 19.2. The summed E-state index contributed by atoms with van der Waals surface area (Å²) in [4.78, 5) is 16.9. The number of benzene rings is 3. The topological polar surface area (TPSA) is 38.7 Å². The van der Waals surface area contributed by atoms with E-state index in [2.05, 4.69) is 33.1 Å². The van der Waals surface area contributed by atoms with Crippen molar-refractivity contribution in [2.45, 2.75) is 12.4 Å². The summed E-state index contributed by atoms with van der Waals surface area (Å²) in [6.45, 7) is 0.501. The molecule has 0 atom stereocenters. The van der Waals surface area contributed by atoms with Crippen molar-refractivity contribution in [3.05, 3.63) is 106 Å². The van der Waals surface area contributed by atoms with E-state index in [1.54, 1.807) is 11.8 Å². The fourth-order valence-electron chi connectivity index (χ4n) is 2.79. The second-order valence-electron chi connectivity index (χ2n) is 6.54. The van der Waals surface area contributed by atoms with Crippen molar-refractivity contribution in [3.8, 4) is 5.75 Å². The Morgan fingerprint density at radius 1 is 0.967 bits per heavy atom. The standard InChI is InChI=1S/C24H18BrNO2S2/c25-20-13-19(11-12-22(20)28-15-17-7-3-1-4-8-17)14-21-23(27)30-24(26-21)29-16-18-9-5-2-6-10-18/h1-14H,15-16H2. The van der Waals surface area contributed by atoms with Gasteiger partial charge in [0.25, 0.3) is 0 Å². The third-order valence-electron chi connectivity index (χ3n) is 4.30. The predicted octanol–water partition coefficient (Wildman–Crippen LogP) is 6.93. The fourth-order valence-corrected chi connectivity index (χ4v) is 5.10. The average molecular weight is 496 g/mol. The lowest BCUT2D eigenvalue weighted by molar-refractivity contribution is -0.107. The molecular weight excluding hydrogens is 478 g/mol. The van der Waals surface area contributed by atoms with E-state index in [0.29, 0.717) is 12.3 Å². The van der Waals surface area contributed by atoms with Crippen LogP contribution in [0.1, 0.15) is 16.7 Å². The van der Waals surface area contributed by atoms with Crippen molar-refractivity contribution in [1.29, 1.82) is 0 Å². The number of carbonyl (C=O) groups excluding carboxylic acids is 1. The van der Waals surface area contributed by atoms with Crippen molar-refractivity contribution < 1.29 is 9.53 Å². The largest absolute Gasteiger partial charge is 0.488 e. The molecule has 0 saturated carbocycles. The van der Waals surface area contributed by atoms with Crippen LogP contribution in [0, 0.1) is 0 Å². The van der Waals surface area contributed by atoms with Crippen LogP contribution in [0.2, 0.25) is 0 Å². The van der Waals surface area contributed by atoms with Gasteiger partial charge in [-0.05, 0) is 62.6 Å². The molecule has 1 aliphatic heterocycles. The predicted molar refractivity (Wildman–Crippen MR) is 131 cm³/mol. The zero-order chi connectivity index (χ0) is 20.8. The monoisotopic (exact) mass is 495 g/mol. The Balaban J connectivity index is 1.41. The Morgan fingerprint density at radius 3 is 2.37 bits per heavy atom. The lowest BCUT2D eigenvalue weighted by Gasteiger charge is -2.09. The molecule has 0 aromatic heterocycles. The summed E-state index contributed by atoms with van der Waals surface area (Å²) in [5.41, 5.74) is 3.70. The van der Waals surface area contributed by atoms with Crippen LogP contribution in [0.15, 0.2) is 94.0 Å². The Bertz CT molecular complexity index is 1100. The van der Waals surface area contributed by atoms with E-state index in [-0.39, 0.29) is 5.12 Å². The van der Waals surface area contributed by atoms with Gasteiger partial charge in [0, 0.05) is 5.75 Å². The number of aliphatic imine (C=N–C) groups is 1. The molecule has 0 saturated heterocycles. The number of nitrogens with zero attached hydrogens (tertiary/aromatic N) is 1. The number of hydrogen-bond acceptors (Lipinski definition) is 5. The first-order valence-electron chi connectivity index (χ1n) is 9.33. The summed E-state index contributed by atoms with van der Waals surface area (Å²) >= 11 is 6.35. The van der Waals surface area contributed by atoms with Gasteiger partial charge in [-0.25, -0.2) is 4.99 Å². The van der Waals surface area contributed by atoms with Crippen molar-refractivity contribution in [1.82, 2.24) is 0 Å². The van der Waals surface area contributed by atoms with Gasteiger partial charge in [0.15, 0.2) is 0 Å². The van der Waals surface area contributed by atoms with Crippen LogP contribution in [0.3, 0.4) is 0 Å². The summed E-state index contributed by atoms with van der Waals surface area (Å²) in [6, 6.07) is 26.0. The van der Waals surface area contributed by atoms with Crippen molar-refractivity contribution >= 4 is 55.0 Å². The molecule has 0 N–H and O–H groups in total. The van der Waals surface area contributed by atoms with Crippen LogP contribution in [0.5, 0.6) is 5.75 Å². The molecule has 3 nitrogen and oxygen atoms in total. The van der Waals surface area contributed by atoms with E-state index in [0.717, 1.165) is 31.5 Å². The quantitative estimate of drug-likeness (QED) is 0.347. The van der Waals surface area contributed by atoms with Gasteiger partial charge in [-0.1, -0.05) is 78.5 Å². The number of ether oxygens (including phenoxy) is 1. The van der Waals surface area contributed by atoms with Crippen LogP contribution >= 0.6 is 39.5 Å². The maximum atomic E-state index is 12.3. The third-order valence-corrected chi connectivity index (χ3v) is 7.00. The smallest absolute Gasteiger partial charge is 0.244 e. The molecule has 0 amide bonds. The van der Waals surface area contributed by atoms with Gasteiger partial charge in [-0.2, -0.15) is 0 Å². The highest BCUT2D eigenvalue weighted by molar-refractivity contribution is 9.10. The van der Waals surface area contributed by atoms with E-state index in [1.807, 2.05) is 72.8 Å². The van der Waals surface area contributed by atoms with Crippen molar-refractivity contribution in [3.63, 3.8) is 0 Å². The molecule has 1 aliphatic rings. The summed E-state index contributed by atoms with van der Waals surface area (Å²) in [5.74, 6) is 1.56. The van der Waals surface area contributed by atoms with E-state index in [1.165, 1.54) is 17.3 Å². The lowest BCUT2D eigenvalue weighted by atomic mass is 10.2. The minimum absolute atomic E-state index is 0.0221. The molecular formula is C24H18BrNO2S2. The van der Waals surface area contributed by atoms with Gasteiger partial charge in [-0.15, -0.1) is 0 Å². The number of rotatable bonds is 6. The molecule has 0 spiro atoms. The minimum Gasteiger partial charge on any atom is -0.488 e. The maximum absolute atomic E-state index is 12.3. The van der Waals surface area contributed by atoms with E-state index < -0.39 is 0 Å². The average Bonchev–Trinajstić information content (AvgIpc) is 3.12. The Kier molecular flexibility index (Phi) is 7.10. The van der Waals surface area contributed by atoms with Crippen LogP contribution in [-0.4, -0.2) is 9.49 Å². The molecule has 3 aromatic rings. The van der Waals surface area contributed by atoms with Gasteiger partial charge >= 0.3 is 0 Å². The number of hydrogen-bond donors (Lipinski definition) is 0. The first kappa shape index (κ1) is 21.0. The molecule has 6 heteroatoms. The van der Waals surface area contributed by atoms with Gasteiger partial charge < -0.3 is 4.74 Å². The minimum atomic E-state index is -0.0221. The summed E-state index contributed by atoms with van der Waals surface area (Å²) in [7, 11) is 0. The lowest BCUT2D eigenvalue weighted by Crippen LogP contribution is -1.96. The first-order chi connectivity index (χ1) is 14.7.